The molecule has 1 saturated heterocycles. The first kappa shape index (κ1) is 21.7. The molecule has 4 rings (SSSR count). The van der Waals surface area contributed by atoms with Crippen molar-refractivity contribution in [3.8, 4) is 0 Å². The highest BCUT2D eigenvalue weighted by atomic mass is 79.9. The fraction of sp³-hybridized carbons (Fsp3) is 0.545. The fourth-order valence-electron chi connectivity index (χ4n) is 4.06. The Morgan fingerprint density at radius 3 is 2.77 bits per heavy atom. The van der Waals surface area contributed by atoms with E-state index in [4.69, 9.17) is 0 Å². The van der Waals surface area contributed by atoms with Gasteiger partial charge >= 0.3 is 0 Å². The number of thiazole rings is 1. The zero-order chi connectivity index (χ0) is 21.5. The molecule has 162 valence electrons. The first-order chi connectivity index (χ1) is 14.2. The maximum absolute atomic E-state index is 13.2. The van der Waals surface area contributed by atoms with Gasteiger partial charge in [0.2, 0.25) is 0 Å². The topological polar surface area (TPSA) is 49.6 Å². The highest BCUT2D eigenvalue weighted by molar-refractivity contribution is 9.10. The van der Waals surface area contributed by atoms with Crippen LogP contribution in [0.3, 0.4) is 0 Å². The second-order valence-electron chi connectivity index (χ2n) is 9.03. The monoisotopic (exact) mass is 494 g/mol. The van der Waals surface area contributed by atoms with E-state index in [2.05, 4.69) is 56.3 Å². The van der Waals surface area contributed by atoms with Gasteiger partial charge in [-0.3, -0.25) is 9.20 Å². The summed E-state index contributed by atoms with van der Waals surface area (Å²) in [6, 6.07) is 5.85. The molecule has 0 spiro atoms. The lowest BCUT2D eigenvalue weighted by Crippen LogP contribution is -2.36. The zero-order valence-corrected chi connectivity index (χ0v) is 20.1. The minimum atomic E-state index is -0.642. The maximum Gasteiger partial charge on any atom is 0.251 e. The number of carbonyl (C=O) groups excluding carboxylic acids is 1. The highest BCUT2D eigenvalue weighted by Crippen LogP contribution is 2.36. The second-order valence-corrected chi connectivity index (χ2v) is 10.8. The number of likely N-dealkylation sites (tertiary alicyclic amines) is 1. The van der Waals surface area contributed by atoms with Gasteiger partial charge in [0.1, 0.15) is 10.8 Å². The summed E-state index contributed by atoms with van der Waals surface area (Å²) in [5.41, 5.74) is 2.83. The van der Waals surface area contributed by atoms with Crippen molar-refractivity contribution in [2.24, 2.45) is 0 Å². The van der Waals surface area contributed by atoms with Crippen LogP contribution in [0.5, 0.6) is 0 Å². The Bertz CT molecular complexity index is 1060. The van der Waals surface area contributed by atoms with Crippen LogP contribution in [0.15, 0.2) is 22.8 Å². The summed E-state index contributed by atoms with van der Waals surface area (Å²) < 4.78 is 17.3. The zero-order valence-electron chi connectivity index (χ0n) is 17.7. The van der Waals surface area contributed by atoms with Crippen LogP contribution in [0.25, 0.3) is 15.2 Å². The van der Waals surface area contributed by atoms with Gasteiger partial charge in [-0.05, 0) is 59.9 Å². The van der Waals surface area contributed by atoms with E-state index in [0.717, 1.165) is 51.5 Å². The van der Waals surface area contributed by atoms with Crippen LogP contribution in [0.1, 0.15) is 56.1 Å². The molecule has 1 N–H and O–H groups in total. The van der Waals surface area contributed by atoms with Gasteiger partial charge in [-0.1, -0.05) is 32.1 Å². The van der Waals surface area contributed by atoms with Crippen molar-refractivity contribution in [3.05, 3.63) is 34.1 Å². The molecule has 5 nitrogen and oxygen atoms in total. The average Bonchev–Trinajstić information content (AvgIpc) is 3.19. The Morgan fingerprint density at radius 2 is 2.07 bits per heavy atom. The number of benzene rings is 1. The van der Waals surface area contributed by atoms with E-state index >= 15 is 0 Å². The van der Waals surface area contributed by atoms with Gasteiger partial charge in [0.05, 0.1) is 15.9 Å². The third-order valence-corrected chi connectivity index (χ3v) is 7.19. The number of halogens is 2. The highest BCUT2D eigenvalue weighted by Gasteiger charge is 2.25. The normalized spacial score (nSPS) is 16.6. The molecule has 1 aliphatic heterocycles. The molecule has 8 heteroatoms. The number of imidazole rings is 1. The number of amides is 1. The number of fused-ring (bicyclic) bond motifs is 3. The summed E-state index contributed by atoms with van der Waals surface area (Å²) in [6.07, 6.45) is 1.49. The molecular weight excluding hydrogens is 467 g/mol. The quantitative estimate of drug-likeness (QED) is 0.498. The Morgan fingerprint density at radius 1 is 1.33 bits per heavy atom. The molecule has 0 aliphatic carbocycles. The molecule has 0 saturated carbocycles. The largest absolute Gasteiger partial charge is 0.352 e. The van der Waals surface area contributed by atoms with Crippen LogP contribution in [0.4, 0.5) is 4.39 Å². The van der Waals surface area contributed by atoms with E-state index in [1.54, 1.807) is 11.3 Å². The van der Waals surface area contributed by atoms with E-state index < -0.39 is 6.17 Å². The lowest BCUT2D eigenvalue weighted by Gasteiger charge is -2.28. The summed E-state index contributed by atoms with van der Waals surface area (Å²) >= 11 is 5.20. The van der Waals surface area contributed by atoms with E-state index in [-0.39, 0.29) is 11.3 Å². The summed E-state index contributed by atoms with van der Waals surface area (Å²) in [5, 5.41) is 3.02. The van der Waals surface area contributed by atoms with Crippen LogP contribution in [-0.2, 0) is 5.41 Å². The third kappa shape index (κ3) is 4.41. The summed E-state index contributed by atoms with van der Waals surface area (Å²) in [6.45, 7) is 9.68. The molecule has 3 aromatic rings. The van der Waals surface area contributed by atoms with Crippen molar-refractivity contribution in [1.29, 1.82) is 0 Å². The van der Waals surface area contributed by atoms with Gasteiger partial charge in [0, 0.05) is 30.6 Å². The number of nitrogens with one attached hydrogen (secondary N) is 1. The second kappa shape index (κ2) is 8.55. The number of rotatable bonds is 5. The molecule has 1 aliphatic rings. The van der Waals surface area contributed by atoms with Crippen molar-refractivity contribution >= 4 is 48.4 Å². The Balaban J connectivity index is 1.42. The van der Waals surface area contributed by atoms with Gasteiger partial charge in [-0.15, -0.1) is 0 Å². The number of nitrogens with zero attached hydrogens (tertiary/aromatic N) is 3. The van der Waals surface area contributed by atoms with Crippen molar-refractivity contribution in [2.45, 2.75) is 51.6 Å². The Hall–Kier alpha value is -1.51. The van der Waals surface area contributed by atoms with Crippen molar-refractivity contribution in [2.75, 3.05) is 26.2 Å². The van der Waals surface area contributed by atoms with Gasteiger partial charge in [-0.2, -0.15) is 0 Å². The number of hydrogen-bond acceptors (Lipinski definition) is 4. The van der Waals surface area contributed by atoms with Gasteiger partial charge in [-0.25, -0.2) is 9.37 Å². The predicted octanol–water partition coefficient (Wildman–Crippen LogP) is 5.16. The van der Waals surface area contributed by atoms with Crippen molar-refractivity contribution in [1.82, 2.24) is 19.6 Å². The number of hydrogen-bond donors (Lipinski definition) is 1. The molecule has 30 heavy (non-hydrogen) atoms. The molecule has 1 fully saturated rings. The van der Waals surface area contributed by atoms with E-state index in [0.29, 0.717) is 24.9 Å². The number of aromatic nitrogens is 2. The summed E-state index contributed by atoms with van der Waals surface area (Å²) in [7, 11) is 0. The molecule has 0 unspecified atom stereocenters. The lowest BCUT2D eigenvalue weighted by atomic mass is 9.93. The maximum atomic E-state index is 13.2. The smallest absolute Gasteiger partial charge is 0.251 e. The molecular formula is C22H28BrFN4OS. The summed E-state index contributed by atoms with van der Waals surface area (Å²) in [4.78, 5) is 20.5. The molecule has 0 bridgehead atoms. The molecule has 2 aromatic heterocycles. The molecule has 1 aromatic carbocycles. The van der Waals surface area contributed by atoms with Crippen molar-refractivity contribution < 1.29 is 9.18 Å². The van der Waals surface area contributed by atoms with Crippen LogP contribution in [0, 0.1) is 0 Å². The molecule has 0 radical (unpaired) electrons. The first-order valence-corrected chi connectivity index (χ1v) is 12.1. The summed E-state index contributed by atoms with van der Waals surface area (Å²) in [5.74, 6) is -0.0531. The number of alkyl halides is 1. The third-order valence-electron chi connectivity index (χ3n) is 5.63. The minimum absolute atomic E-state index is 0.0531. The predicted molar refractivity (Wildman–Crippen MR) is 124 cm³/mol. The van der Waals surface area contributed by atoms with Crippen molar-refractivity contribution in [3.63, 3.8) is 0 Å². The SMILES string of the molecule is CC(C)(C)c1c(Br)nc2sc3cc(C(=O)NCCCN4CCC(F)CC4)ccc3n12. The van der Waals surface area contributed by atoms with E-state index in [1.807, 2.05) is 18.2 Å². The minimum Gasteiger partial charge on any atom is -0.352 e. The standard InChI is InChI=1S/C22H28BrFN4OS/c1-22(2,3)18-19(23)26-21-28(18)16-6-5-14(13-17(16)30-21)20(29)25-9-4-10-27-11-7-15(24)8-12-27/h5-6,13,15H,4,7-12H2,1-3H3,(H,25,29). The Labute approximate surface area is 188 Å². The number of piperidine rings is 1. The van der Waals surface area contributed by atoms with Gasteiger partial charge in [0.25, 0.3) is 5.91 Å². The van der Waals surface area contributed by atoms with Crippen LogP contribution in [0.2, 0.25) is 0 Å². The van der Waals surface area contributed by atoms with Crippen LogP contribution >= 0.6 is 27.3 Å². The van der Waals surface area contributed by atoms with Crippen LogP contribution in [-0.4, -0.2) is 52.5 Å². The molecule has 0 atom stereocenters. The van der Waals surface area contributed by atoms with Crippen LogP contribution < -0.4 is 5.32 Å². The van der Waals surface area contributed by atoms with Gasteiger partial charge in [0.15, 0.2) is 4.96 Å². The van der Waals surface area contributed by atoms with E-state index in [1.165, 1.54) is 0 Å². The average molecular weight is 495 g/mol. The lowest BCUT2D eigenvalue weighted by molar-refractivity contribution is 0.0950. The number of carbonyl (C=O) groups is 1. The first-order valence-electron chi connectivity index (χ1n) is 10.5. The van der Waals surface area contributed by atoms with Gasteiger partial charge < -0.3 is 10.2 Å². The Kier molecular flexibility index (Phi) is 6.19. The fourth-order valence-corrected chi connectivity index (χ4v) is 6.19. The molecule has 1 amide bonds. The van der Waals surface area contributed by atoms with E-state index in [9.17, 15) is 9.18 Å². The molecule has 3 heterocycles.